The lowest BCUT2D eigenvalue weighted by Crippen LogP contribution is -2.00. The lowest BCUT2D eigenvalue weighted by molar-refractivity contribution is 0.211. The van der Waals surface area contributed by atoms with E-state index in [9.17, 15) is 5.11 Å². The van der Waals surface area contributed by atoms with Crippen LogP contribution in [0.15, 0.2) is 48.5 Å². The molecule has 2 aromatic rings. The van der Waals surface area contributed by atoms with Crippen molar-refractivity contribution >= 4 is 16.3 Å². The average molecular weight is 238 g/mol. The molecule has 0 heterocycles. The van der Waals surface area contributed by atoms with Gasteiger partial charge in [0.1, 0.15) is 0 Å². The number of fused-ring (bicyclic) bond motifs is 1. The molecular formula is C17H18O. The topological polar surface area (TPSA) is 20.2 Å². The number of hydrogen-bond donors (Lipinski definition) is 1. The molecule has 0 bridgehead atoms. The summed E-state index contributed by atoms with van der Waals surface area (Å²) in [5, 5.41) is 12.4. The molecule has 1 atom stereocenters. The van der Waals surface area contributed by atoms with Crippen LogP contribution in [0.25, 0.3) is 16.3 Å². The second-order valence-electron chi connectivity index (χ2n) is 5.07. The van der Waals surface area contributed by atoms with E-state index in [1.807, 2.05) is 6.08 Å². The Labute approximate surface area is 108 Å². The van der Waals surface area contributed by atoms with Gasteiger partial charge in [-0.1, -0.05) is 48.9 Å². The Balaban J connectivity index is 2.03. The lowest BCUT2D eigenvalue weighted by atomic mass is 9.98. The molecule has 1 unspecified atom stereocenters. The van der Waals surface area contributed by atoms with E-state index in [1.165, 1.54) is 28.3 Å². The first kappa shape index (κ1) is 11.5. The highest BCUT2D eigenvalue weighted by molar-refractivity contribution is 5.86. The van der Waals surface area contributed by atoms with Crippen LogP contribution in [0.4, 0.5) is 0 Å². The normalized spacial score (nSPS) is 20.5. The quantitative estimate of drug-likeness (QED) is 0.791. The van der Waals surface area contributed by atoms with Crippen molar-refractivity contribution in [2.45, 2.75) is 31.8 Å². The van der Waals surface area contributed by atoms with E-state index in [0.717, 1.165) is 19.3 Å². The van der Waals surface area contributed by atoms with Crippen LogP contribution in [0.5, 0.6) is 0 Å². The van der Waals surface area contributed by atoms with Crippen molar-refractivity contribution in [3.8, 4) is 0 Å². The first-order valence-corrected chi connectivity index (χ1v) is 6.71. The van der Waals surface area contributed by atoms with Gasteiger partial charge in [0, 0.05) is 0 Å². The number of allylic oxidation sites excluding steroid dienone is 1. The summed E-state index contributed by atoms with van der Waals surface area (Å²) in [6.45, 7) is 0. The van der Waals surface area contributed by atoms with Crippen LogP contribution in [0, 0.1) is 0 Å². The monoisotopic (exact) mass is 238 g/mol. The van der Waals surface area contributed by atoms with E-state index in [0.29, 0.717) is 0 Å². The Bertz CT molecular complexity index is 583. The lowest BCUT2D eigenvalue weighted by Gasteiger charge is -2.08. The molecule has 0 spiro atoms. The second kappa shape index (κ2) is 4.95. The van der Waals surface area contributed by atoms with Crippen LogP contribution in [0.3, 0.4) is 0 Å². The van der Waals surface area contributed by atoms with Gasteiger partial charge in [-0.15, -0.1) is 0 Å². The number of benzene rings is 2. The smallest absolute Gasteiger partial charge is 0.0726 e. The summed E-state index contributed by atoms with van der Waals surface area (Å²) in [5.74, 6) is 0. The number of hydrogen-bond acceptors (Lipinski definition) is 1. The molecule has 0 fully saturated rings. The summed E-state index contributed by atoms with van der Waals surface area (Å²) in [7, 11) is 0. The molecule has 0 aliphatic heterocycles. The van der Waals surface area contributed by atoms with Crippen LogP contribution in [-0.4, -0.2) is 11.2 Å². The summed E-state index contributed by atoms with van der Waals surface area (Å²) in [5.41, 5.74) is 2.56. The standard InChI is InChI=1S/C17H18O/c18-17-8-4-3-7-15(12-17)16-10-9-13-5-1-2-6-14(13)11-16/h1-2,5-6,9-12,17-18H,3-4,7-8H2. The van der Waals surface area contributed by atoms with Gasteiger partial charge in [0.25, 0.3) is 0 Å². The Kier molecular flexibility index (Phi) is 3.16. The summed E-state index contributed by atoms with van der Waals surface area (Å²) >= 11 is 0. The predicted molar refractivity (Wildman–Crippen MR) is 76.4 cm³/mol. The Morgan fingerprint density at radius 3 is 2.67 bits per heavy atom. The molecule has 3 rings (SSSR count). The number of rotatable bonds is 1. The van der Waals surface area contributed by atoms with Gasteiger partial charge in [0.15, 0.2) is 0 Å². The highest BCUT2D eigenvalue weighted by atomic mass is 16.3. The molecule has 2 aromatic carbocycles. The second-order valence-corrected chi connectivity index (χ2v) is 5.07. The zero-order chi connectivity index (χ0) is 12.4. The first-order chi connectivity index (χ1) is 8.83. The molecule has 1 nitrogen and oxygen atoms in total. The Morgan fingerprint density at radius 2 is 1.78 bits per heavy atom. The maximum atomic E-state index is 9.86. The van der Waals surface area contributed by atoms with Crippen molar-refractivity contribution in [2.75, 3.05) is 0 Å². The van der Waals surface area contributed by atoms with Gasteiger partial charge in [-0.25, -0.2) is 0 Å². The maximum absolute atomic E-state index is 9.86. The van der Waals surface area contributed by atoms with Gasteiger partial charge in [-0.2, -0.15) is 0 Å². The molecule has 0 saturated heterocycles. The molecule has 1 aliphatic rings. The van der Waals surface area contributed by atoms with Crippen molar-refractivity contribution in [1.82, 2.24) is 0 Å². The van der Waals surface area contributed by atoms with Gasteiger partial charge in [0.2, 0.25) is 0 Å². The van der Waals surface area contributed by atoms with E-state index in [-0.39, 0.29) is 6.10 Å². The zero-order valence-corrected chi connectivity index (χ0v) is 10.5. The SMILES string of the molecule is OC1C=C(c2ccc3ccccc3c2)CCCC1. The largest absolute Gasteiger partial charge is 0.389 e. The molecule has 0 saturated carbocycles. The van der Waals surface area contributed by atoms with E-state index in [1.54, 1.807) is 0 Å². The predicted octanol–water partition coefficient (Wildman–Crippen LogP) is 4.16. The van der Waals surface area contributed by atoms with Crippen molar-refractivity contribution in [1.29, 1.82) is 0 Å². The summed E-state index contributed by atoms with van der Waals surface area (Å²) in [6.07, 6.45) is 6.04. The zero-order valence-electron chi connectivity index (χ0n) is 10.5. The van der Waals surface area contributed by atoms with E-state index < -0.39 is 0 Å². The summed E-state index contributed by atoms with van der Waals surface area (Å²) in [4.78, 5) is 0. The molecule has 0 aromatic heterocycles. The molecule has 1 N–H and O–H groups in total. The van der Waals surface area contributed by atoms with Gasteiger partial charge < -0.3 is 5.11 Å². The number of aliphatic hydroxyl groups excluding tert-OH is 1. The van der Waals surface area contributed by atoms with Crippen molar-refractivity contribution < 1.29 is 5.11 Å². The fourth-order valence-electron chi connectivity index (χ4n) is 2.70. The molecule has 92 valence electrons. The van der Waals surface area contributed by atoms with Crippen LogP contribution in [0.1, 0.15) is 31.2 Å². The fourth-order valence-corrected chi connectivity index (χ4v) is 2.70. The third-order valence-corrected chi connectivity index (χ3v) is 3.71. The Hall–Kier alpha value is -1.60. The minimum Gasteiger partial charge on any atom is -0.389 e. The minimum atomic E-state index is -0.269. The van der Waals surface area contributed by atoms with Gasteiger partial charge >= 0.3 is 0 Å². The molecule has 0 amide bonds. The molecule has 0 radical (unpaired) electrons. The van der Waals surface area contributed by atoms with Crippen molar-refractivity contribution in [3.05, 3.63) is 54.1 Å². The maximum Gasteiger partial charge on any atom is 0.0726 e. The average Bonchev–Trinajstić information content (AvgIpc) is 2.63. The van der Waals surface area contributed by atoms with E-state index in [4.69, 9.17) is 0 Å². The molecule has 18 heavy (non-hydrogen) atoms. The summed E-state index contributed by atoms with van der Waals surface area (Å²) in [6, 6.07) is 15.0. The number of aliphatic hydroxyl groups is 1. The minimum absolute atomic E-state index is 0.269. The van der Waals surface area contributed by atoms with Crippen LogP contribution in [0.2, 0.25) is 0 Å². The van der Waals surface area contributed by atoms with E-state index >= 15 is 0 Å². The highest BCUT2D eigenvalue weighted by Gasteiger charge is 2.11. The van der Waals surface area contributed by atoms with E-state index in [2.05, 4.69) is 42.5 Å². The van der Waals surface area contributed by atoms with Crippen molar-refractivity contribution in [3.63, 3.8) is 0 Å². The van der Waals surface area contributed by atoms with Crippen molar-refractivity contribution in [2.24, 2.45) is 0 Å². The third kappa shape index (κ3) is 2.32. The van der Waals surface area contributed by atoms with Gasteiger partial charge in [-0.3, -0.25) is 0 Å². The summed E-state index contributed by atoms with van der Waals surface area (Å²) < 4.78 is 0. The van der Waals surface area contributed by atoms with Crippen LogP contribution in [-0.2, 0) is 0 Å². The molecular weight excluding hydrogens is 220 g/mol. The Morgan fingerprint density at radius 1 is 0.944 bits per heavy atom. The highest BCUT2D eigenvalue weighted by Crippen LogP contribution is 2.28. The van der Waals surface area contributed by atoms with Gasteiger partial charge in [-0.05, 0) is 47.2 Å². The van der Waals surface area contributed by atoms with Crippen LogP contribution >= 0.6 is 0 Å². The molecule has 1 aliphatic carbocycles. The van der Waals surface area contributed by atoms with Gasteiger partial charge in [0.05, 0.1) is 6.10 Å². The molecule has 1 heteroatoms. The third-order valence-electron chi connectivity index (χ3n) is 3.71. The van der Waals surface area contributed by atoms with Crippen LogP contribution < -0.4 is 0 Å². The fraction of sp³-hybridized carbons (Fsp3) is 0.294. The first-order valence-electron chi connectivity index (χ1n) is 6.71.